The lowest BCUT2D eigenvalue weighted by Gasteiger charge is -2.13. The second-order valence-electron chi connectivity index (χ2n) is 8.60. The van der Waals surface area contributed by atoms with Crippen molar-refractivity contribution in [2.24, 2.45) is 0 Å². The largest absolute Gasteiger partial charge is 0.507 e. The van der Waals surface area contributed by atoms with Crippen LogP contribution in [-0.4, -0.2) is 77.7 Å². The van der Waals surface area contributed by atoms with Gasteiger partial charge in [-0.05, 0) is 76.4 Å². The van der Waals surface area contributed by atoms with E-state index in [1.165, 1.54) is 6.08 Å². The molecule has 0 fully saturated rings. The minimum atomic E-state index is -0.495. The van der Waals surface area contributed by atoms with E-state index in [4.69, 9.17) is 0 Å². The van der Waals surface area contributed by atoms with Gasteiger partial charge >= 0.3 is 0 Å². The standard InChI is InChI=1S/C24H28N4O3/c1-27(2)11-9-14-13-25-23-16(5-7-18(29)20(14)23)22-15(10-12-28(3)4)21-17(26-22)6-8-19(30)24(21)31/h5-8,13,25-26,29H,9-12H2,1-4H3. The predicted molar refractivity (Wildman–Crippen MR) is 123 cm³/mol. The summed E-state index contributed by atoms with van der Waals surface area (Å²) >= 11 is 0. The second-order valence-corrected chi connectivity index (χ2v) is 8.60. The minimum absolute atomic E-state index is 0.228. The molecule has 7 heteroatoms. The molecule has 2 aromatic heterocycles. The number of fused-ring (bicyclic) bond motifs is 2. The van der Waals surface area contributed by atoms with Crippen molar-refractivity contribution in [1.29, 1.82) is 0 Å². The van der Waals surface area contributed by atoms with Gasteiger partial charge in [0, 0.05) is 30.2 Å². The molecular weight excluding hydrogens is 392 g/mol. The van der Waals surface area contributed by atoms with E-state index in [-0.39, 0.29) is 5.75 Å². The first-order valence-corrected chi connectivity index (χ1v) is 10.4. The van der Waals surface area contributed by atoms with Crippen molar-refractivity contribution in [3.8, 4) is 17.0 Å². The van der Waals surface area contributed by atoms with Crippen LogP contribution in [0.5, 0.6) is 5.75 Å². The number of benzene rings is 1. The average molecular weight is 421 g/mol. The van der Waals surface area contributed by atoms with Crippen molar-refractivity contribution < 1.29 is 14.7 Å². The molecule has 0 saturated heterocycles. The number of H-pyrrole nitrogens is 2. The molecule has 162 valence electrons. The Hall–Kier alpha value is -3.16. The molecule has 0 unspecified atom stereocenters. The number of hydrogen-bond donors (Lipinski definition) is 3. The van der Waals surface area contributed by atoms with Crippen molar-refractivity contribution in [2.75, 3.05) is 41.3 Å². The monoisotopic (exact) mass is 420 g/mol. The van der Waals surface area contributed by atoms with E-state index in [0.29, 0.717) is 17.7 Å². The maximum atomic E-state index is 12.7. The number of carbonyl (C=O) groups excluding carboxylic acids is 2. The molecule has 0 spiro atoms. The number of aromatic nitrogens is 2. The van der Waals surface area contributed by atoms with Gasteiger partial charge in [-0.25, -0.2) is 0 Å². The normalized spacial score (nSPS) is 13.7. The van der Waals surface area contributed by atoms with Gasteiger partial charge in [0.15, 0.2) is 0 Å². The number of aromatic amines is 2. The third-order valence-electron chi connectivity index (χ3n) is 5.79. The zero-order chi connectivity index (χ0) is 22.3. The van der Waals surface area contributed by atoms with Crippen molar-refractivity contribution in [1.82, 2.24) is 19.8 Å². The quantitative estimate of drug-likeness (QED) is 0.511. The third kappa shape index (κ3) is 3.82. The van der Waals surface area contributed by atoms with Crippen LogP contribution in [0.3, 0.4) is 0 Å². The number of hydrogen-bond acceptors (Lipinski definition) is 5. The molecule has 0 bridgehead atoms. The molecule has 3 aromatic rings. The van der Waals surface area contributed by atoms with Crippen LogP contribution in [0, 0.1) is 0 Å². The number of nitrogens with one attached hydrogen (secondary N) is 2. The number of Topliss-reactive ketones (excluding diaryl/α,β-unsaturated/α-hetero) is 1. The first-order valence-electron chi connectivity index (χ1n) is 10.4. The van der Waals surface area contributed by atoms with E-state index in [1.54, 1.807) is 12.1 Å². The molecule has 0 saturated carbocycles. The topological polar surface area (TPSA) is 92.4 Å². The second kappa shape index (κ2) is 8.17. The van der Waals surface area contributed by atoms with Gasteiger partial charge in [0.2, 0.25) is 11.6 Å². The highest BCUT2D eigenvalue weighted by Crippen LogP contribution is 2.39. The molecule has 0 radical (unpaired) electrons. The Morgan fingerprint density at radius 2 is 1.68 bits per heavy atom. The zero-order valence-corrected chi connectivity index (χ0v) is 18.4. The van der Waals surface area contributed by atoms with Crippen LogP contribution < -0.4 is 0 Å². The highest BCUT2D eigenvalue weighted by molar-refractivity contribution is 6.50. The Balaban J connectivity index is 1.89. The third-order valence-corrected chi connectivity index (χ3v) is 5.79. The summed E-state index contributed by atoms with van der Waals surface area (Å²) in [6.07, 6.45) is 6.36. The minimum Gasteiger partial charge on any atom is -0.507 e. The van der Waals surface area contributed by atoms with Gasteiger partial charge in [0.1, 0.15) is 5.75 Å². The molecular formula is C24H28N4O3. The Labute approximate surface area is 181 Å². The maximum absolute atomic E-state index is 12.7. The molecule has 0 atom stereocenters. The fourth-order valence-electron chi connectivity index (χ4n) is 4.17. The van der Waals surface area contributed by atoms with Gasteiger partial charge in [-0.3, -0.25) is 9.59 Å². The van der Waals surface area contributed by atoms with Crippen LogP contribution in [0.1, 0.15) is 27.2 Å². The SMILES string of the molecule is CN(C)CCc1c(-c2ccc(O)c3c(CCN(C)C)c[nH]c23)[nH]c2c1C(=O)C(=O)C=C2. The van der Waals surface area contributed by atoms with Crippen molar-refractivity contribution in [3.05, 3.63) is 46.8 Å². The number of likely N-dealkylation sites (N-methyl/N-ethyl adjacent to an activating group) is 2. The van der Waals surface area contributed by atoms with E-state index in [1.807, 2.05) is 40.5 Å². The van der Waals surface area contributed by atoms with Crippen molar-refractivity contribution in [2.45, 2.75) is 12.8 Å². The summed E-state index contributed by atoms with van der Waals surface area (Å²) in [6, 6.07) is 3.55. The van der Waals surface area contributed by atoms with E-state index in [0.717, 1.165) is 52.8 Å². The van der Waals surface area contributed by atoms with Gasteiger partial charge in [-0.1, -0.05) is 0 Å². The molecule has 0 amide bonds. The Morgan fingerprint density at radius 3 is 2.39 bits per heavy atom. The van der Waals surface area contributed by atoms with Crippen molar-refractivity contribution >= 4 is 28.5 Å². The number of phenolic OH excluding ortho intramolecular Hbond substituents is 1. The number of carbonyl (C=O) groups is 2. The molecule has 2 heterocycles. The first-order chi connectivity index (χ1) is 14.8. The molecule has 1 aliphatic rings. The smallest absolute Gasteiger partial charge is 0.235 e. The van der Waals surface area contributed by atoms with Crippen LogP contribution in [0.4, 0.5) is 0 Å². The summed E-state index contributed by atoms with van der Waals surface area (Å²) in [4.78, 5) is 35.7. The van der Waals surface area contributed by atoms with Crippen LogP contribution in [0.25, 0.3) is 28.2 Å². The average Bonchev–Trinajstić information content (AvgIpc) is 3.30. The number of phenols is 1. The fourth-order valence-corrected chi connectivity index (χ4v) is 4.17. The summed E-state index contributed by atoms with van der Waals surface area (Å²) in [5.74, 6) is -0.737. The molecule has 7 nitrogen and oxygen atoms in total. The Bertz CT molecular complexity index is 1200. The van der Waals surface area contributed by atoms with Crippen LogP contribution in [0.2, 0.25) is 0 Å². The lowest BCUT2D eigenvalue weighted by atomic mass is 9.93. The van der Waals surface area contributed by atoms with Gasteiger partial charge in [-0.2, -0.15) is 0 Å². The molecule has 1 aliphatic carbocycles. The number of allylic oxidation sites excluding steroid dienone is 1. The predicted octanol–water partition coefficient (Wildman–Crippen LogP) is 2.86. The van der Waals surface area contributed by atoms with Crippen LogP contribution in [0.15, 0.2) is 24.4 Å². The number of aromatic hydroxyl groups is 1. The van der Waals surface area contributed by atoms with Crippen LogP contribution >= 0.6 is 0 Å². The van der Waals surface area contributed by atoms with Gasteiger partial charge in [0.05, 0.1) is 22.5 Å². The highest BCUT2D eigenvalue weighted by atomic mass is 16.3. The summed E-state index contributed by atoms with van der Waals surface area (Å²) in [5.41, 5.74) is 5.51. The maximum Gasteiger partial charge on any atom is 0.235 e. The first kappa shape index (κ1) is 21.1. The van der Waals surface area contributed by atoms with E-state index in [2.05, 4.69) is 19.8 Å². The lowest BCUT2D eigenvalue weighted by molar-refractivity contribution is -0.110. The highest BCUT2D eigenvalue weighted by Gasteiger charge is 2.29. The van der Waals surface area contributed by atoms with E-state index in [9.17, 15) is 14.7 Å². The summed E-state index contributed by atoms with van der Waals surface area (Å²) in [6.45, 7) is 1.60. The Kier molecular flexibility index (Phi) is 5.56. The van der Waals surface area contributed by atoms with Crippen LogP contribution in [-0.2, 0) is 17.6 Å². The van der Waals surface area contributed by atoms with Gasteiger partial charge in [-0.15, -0.1) is 0 Å². The van der Waals surface area contributed by atoms with E-state index >= 15 is 0 Å². The molecule has 31 heavy (non-hydrogen) atoms. The molecule has 3 N–H and O–H groups in total. The molecule has 0 aliphatic heterocycles. The van der Waals surface area contributed by atoms with Gasteiger partial charge < -0.3 is 24.9 Å². The zero-order valence-electron chi connectivity index (χ0n) is 18.4. The number of rotatable bonds is 7. The molecule has 4 rings (SSSR count). The van der Waals surface area contributed by atoms with Crippen molar-refractivity contribution in [3.63, 3.8) is 0 Å². The summed E-state index contributed by atoms with van der Waals surface area (Å²) in [7, 11) is 8.00. The van der Waals surface area contributed by atoms with E-state index < -0.39 is 11.6 Å². The number of nitrogens with zero attached hydrogens (tertiary/aromatic N) is 2. The van der Waals surface area contributed by atoms with Gasteiger partial charge in [0.25, 0.3) is 0 Å². The summed E-state index contributed by atoms with van der Waals surface area (Å²) < 4.78 is 0. The fraction of sp³-hybridized carbons (Fsp3) is 0.333. The Morgan fingerprint density at radius 1 is 0.968 bits per heavy atom. The molecule has 1 aromatic carbocycles. The number of ketones is 2. The summed E-state index contributed by atoms with van der Waals surface area (Å²) in [5, 5.41) is 11.4. The lowest BCUT2D eigenvalue weighted by Crippen LogP contribution is -2.20.